The summed E-state index contributed by atoms with van der Waals surface area (Å²) >= 11 is 0. The van der Waals surface area contributed by atoms with Crippen LogP contribution in [-0.2, 0) is 14.3 Å². The molecule has 6 atom stereocenters. The second-order valence-electron chi connectivity index (χ2n) is 9.12. The van der Waals surface area contributed by atoms with E-state index < -0.39 is 0 Å². The molecule has 132 valence electrons. The van der Waals surface area contributed by atoms with Gasteiger partial charge in [-0.15, -0.1) is 0 Å². The Labute approximate surface area is 145 Å². The first-order valence-electron chi connectivity index (χ1n) is 9.77. The molecule has 3 nitrogen and oxygen atoms in total. The van der Waals surface area contributed by atoms with Crippen LogP contribution < -0.4 is 0 Å². The molecule has 24 heavy (non-hydrogen) atoms. The van der Waals surface area contributed by atoms with E-state index in [1.165, 1.54) is 24.8 Å². The number of ketones is 1. The number of ether oxygens (including phenoxy) is 1. The topological polar surface area (TPSA) is 43.4 Å². The van der Waals surface area contributed by atoms with E-state index in [0.717, 1.165) is 43.9 Å². The highest BCUT2D eigenvalue weighted by molar-refractivity contribution is 5.91. The molecule has 3 saturated carbocycles. The van der Waals surface area contributed by atoms with Gasteiger partial charge in [0, 0.05) is 18.8 Å². The largest absolute Gasteiger partial charge is 0.459 e. The van der Waals surface area contributed by atoms with Gasteiger partial charge in [-0.2, -0.15) is 0 Å². The maximum atomic E-state index is 11.8. The zero-order valence-electron chi connectivity index (χ0n) is 15.3. The predicted octanol–water partition coefficient (Wildman–Crippen LogP) is 4.45. The Balaban J connectivity index is 1.61. The molecule has 3 fully saturated rings. The molecule has 3 heteroatoms. The van der Waals surface area contributed by atoms with Gasteiger partial charge in [0.2, 0.25) is 0 Å². The number of fused-ring (bicyclic) bond motifs is 5. The van der Waals surface area contributed by atoms with E-state index in [1.54, 1.807) is 6.92 Å². The van der Waals surface area contributed by atoms with Crippen LogP contribution >= 0.6 is 0 Å². The van der Waals surface area contributed by atoms with Gasteiger partial charge < -0.3 is 4.74 Å². The molecule has 4 rings (SSSR count). The summed E-state index contributed by atoms with van der Waals surface area (Å²) in [6.45, 7) is 6.09. The van der Waals surface area contributed by atoms with E-state index in [1.807, 2.05) is 6.08 Å². The fraction of sp³-hybridized carbons (Fsp3) is 0.810. The first-order valence-corrected chi connectivity index (χ1v) is 9.77. The molecule has 0 aliphatic heterocycles. The highest BCUT2D eigenvalue weighted by Gasteiger charge is 2.62. The van der Waals surface area contributed by atoms with Crippen LogP contribution in [0.2, 0.25) is 0 Å². The average molecular weight is 330 g/mol. The van der Waals surface area contributed by atoms with Gasteiger partial charge in [-0.1, -0.05) is 12.5 Å². The first-order chi connectivity index (χ1) is 11.3. The Morgan fingerprint density at radius 2 is 1.88 bits per heavy atom. The van der Waals surface area contributed by atoms with Gasteiger partial charge in [0.05, 0.1) is 0 Å². The third-order valence-electron chi connectivity index (χ3n) is 8.20. The smallest absolute Gasteiger partial charge is 0.303 e. The molecule has 0 spiro atoms. The lowest BCUT2D eigenvalue weighted by Crippen LogP contribution is -2.53. The van der Waals surface area contributed by atoms with Crippen molar-refractivity contribution in [3.05, 3.63) is 11.6 Å². The van der Waals surface area contributed by atoms with Crippen LogP contribution in [0.5, 0.6) is 0 Å². The normalized spacial score (nSPS) is 47.3. The van der Waals surface area contributed by atoms with Crippen LogP contribution in [0.15, 0.2) is 11.6 Å². The third kappa shape index (κ3) is 2.23. The molecule has 0 radical (unpaired) electrons. The van der Waals surface area contributed by atoms with Gasteiger partial charge in [0.1, 0.15) is 5.60 Å². The monoisotopic (exact) mass is 330 g/mol. The van der Waals surface area contributed by atoms with Crippen molar-refractivity contribution in [3.8, 4) is 0 Å². The zero-order chi connectivity index (χ0) is 17.1. The fourth-order valence-electron chi connectivity index (χ4n) is 6.89. The molecule has 0 saturated heterocycles. The highest BCUT2D eigenvalue weighted by Crippen LogP contribution is 2.65. The van der Waals surface area contributed by atoms with Crippen LogP contribution in [0.4, 0.5) is 0 Å². The summed E-state index contributed by atoms with van der Waals surface area (Å²) in [6.07, 6.45) is 10.7. The van der Waals surface area contributed by atoms with Crippen LogP contribution in [-0.4, -0.2) is 17.4 Å². The fourth-order valence-corrected chi connectivity index (χ4v) is 6.89. The van der Waals surface area contributed by atoms with Crippen molar-refractivity contribution in [2.45, 2.75) is 77.7 Å². The summed E-state index contributed by atoms with van der Waals surface area (Å²) in [4.78, 5) is 23.4. The minimum absolute atomic E-state index is 0.117. The summed E-state index contributed by atoms with van der Waals surface area (Å²) in [5.41, 5.74) is 1.26. The van der Waals surface area contributed by atoms with Gasteiger partial charge in [0.25, 0.3) is 0 Å². The number of rotatable bonds is 1. The molecule has 4 aliphatic rings. The van der Waals surface area contributed by atoms with E-state index in [2.05, 4.69) is 13.8 Å². The Morgan fingerprint density at radius 1 is 1.08 bits per heavy atom. The van der Waals surface area contributed by atoms with Gasteiger partial charge in [-0.3, -0.25) is 9.59 Å². The van der Waals surface area contributed by atoms with Crippen LogP contribution in [0.25, 0.3) is 0 Å². The molecule has 0 bridgehead atoms. The Kier molecular flexibility index (Phi) is 3.71. The Bertz CT molecular complexity index is 606. The van der Waals surface area contributed by atoms with E-state index in [0.29, 0.717) is 17.6 Å². The van der Waals surface area contributed by atoms with Gasteiger partial charge in [-0.05, 0) is 81.6 Å². The Hall–Kier alpha value is -1.12. The van der Waals surface area contributed by atoms with Crippen molar-refractivity contribution in [2.24, 2.45) is 29.1 Å². The second-order valence-corrected chi connectivity index (χ2v) is 9.12. The second kappa shape index (κ2) is 5.44. The molecule has 0 aromatic heterocycles. The predicted molar refractivity (Wildman–Crippen MR) is 92.3 cm³/mol. The third-order valence-corrected chi connectivity index (χ3v) is 8.20. The maximum absolute atomic E-state index is 11.8. The van der Waals surface area contributed by atoms with Crippen molar-refractivity contribution in [2.75, 3.05) is 0 Å². The van der Waals surface area contributed by atoms with Crippen molar-refractivity contribution in [3.63, 3.8) is 0 Å². The van der Waals surface area contributed by atoms with E-state index in [4.69, 9.17) is 4.74 Å². The standard InChI is InChI=1S/C21H30O3/c1-13(22)24-21(3)11-9-19-18-6-4-14-12-15(23)5-7-16(14)17(18)8-10-20(19,21)2/h12,16-19H,4-11H2,1-3H3/t16-,17+,18-,19+,20-,21-/m0/s1. The SMILES string of the molecule is CC(=O)O[C@@]1(C)CC[C@@H]2[C@H]3CCC4=CC(=O)CC[C@@H]4[C@H]3CC[C@@]21C. The summed E-state index contributed by atoms with van der Waals surface area (Å²) < 4.78 is 5.88. The summed E-state index contributed by atoms with van der Waals surface area (Å²) in [5.74, 6) is 3.00. The lowest BCUT2D eigenvalue weighted by Gasteiger charge is -2.55. The molecule has 4 aliphatic carbocycles. The van der Waals surface area contributed by atoms with E-state index in [-0.39, 0.29) is 17.0 Å². The summed E-state index contributed by atoms with van der Waals surface area (Å²) in [5, 5.41) is 0. The van der Waals surface area contributed by atoms with Crippen molar-refractivity contribution < 1.29 is 14.3 Å². The van der Waals surface area contributed by atoms with Crippen molar-refractivity contribution >= 4 is 11.8 Å². The molecule has 0 aromatic rings. The lowest BCUT2D eigenvalue weighted by molar-refractivity contribution is -0.176. The van der Waals surface area contributed by atoms with Crippen molar-refractivity contribution in [1.29, 1.82) is 0 Å². The number of hydrogen-bond donors (Lipinski definition) is 0. The lowest BCUT2D eigenvalue weighted by atomic mass is 9.51. The number of carbonyl (C=O) groups is 2. The van der Waals surface area contributed by atoms with Gasteiger partial charge in [-0.25, -0.2) is 0 Å². The highest BCUT2D eigenvalue weighted by atomic mass is 16.6. The Morgan fingerprint density at radius 3 is 2.62 bits per heavy atom. The molecular formula is C21H30O3. The molecule has 0 amide bonds. The molecule has 0 N–H and O–H groups in total. The molecular weight excluding hydrogens is 300 g/mol. The number of allylic oxidation sites excluding steroid dienone is 1. The van der Waals surface area contributed by atoms with Crippen LogP contribution in [0, 0.1) is 29.1 Å². The maximum Gasteiger partial charge on any atom is 0.303 e. The van der Waals surface area contributed by atoms with Crippen LogP contribution in [0.1, 0.15) is 72.1 Å². The van der Waals surface area contributed by atoms with Gasteiger partial charge >= 0.3 is 5.97 Å². The zero-order valence-corrected chi connectivity index (χ0v) is 15.3. The van der Waals surface area contributed by atoms with Gasteiger partial charge in [0.15, 0.2) is 5.78 Å². The van der Waals surface area contributed by atoms with E-state index >= 15 is 0 Å². The van der Waals surface area contributed by atoms with E-state index in [9.17, 15) is 9.59 Å². The average Bonchev–Trinajstić information content (AvgIpc) is 2.77. The molecule has 0 unspecified atom stereocenters. The van der Waals surface area contributed by atoms with Crippen LogP contribution in [0.3, 0.4) is 0 Å². The molecule has 0 aromatic carbocycles. The van der Waals surface area contributed by atoms with Crippen molar-refractivity contribution in [1.82, 2.24) is 0 Å². The number of hydrogen-bond acceptors (Lipinski definition) is 3. The number of esters is 1. The minimum atomic E-state index is -0.298. The first kappa shape index (κ1) is 16.4. The molecule has 0 heterocycles. The quantitative estimate of drug-likeness (QED) is 0.667. The minimum Gasteiger partial charge on any atom is -0.459 e. The number of carbonyl (C=O) groups excluding carboxylic acids is 2. The summed E-state index contributed by atoms with van der Waals surface area (Å²) in [6, 6.07) is 0. The summed E-state index contributed by atoms with van der Waals surface area (Å²) in [7, 11) is 0.